The van der Waals surface area contributed by atoms with Crippen molar-refractivity contribution < 1.29 is 30.9 Å². The minimum atomic E-state index is -4.15. The molecular weight excluding hydrogens is 351 g/mol. The molecule has 2 aromatic rings. The van der Waals surface area contributed by atoms with Crippen molar-refractivity contribution in [3.63, 3.8) is 0 Å². The first-order valence-corrected chi connectivity index (χ1v) is 8.29. The minimum absolute atomic E-state index is 0.0247. The number of nitrogens with zero attached hydrogens (tertiary/aromatic N) is 2. The summed E-state index contributed by atoms with van der Waals surface area (Å²) < 4.78 is 68.8. The fourth-order valence-corrected chi connectivity index (χ4v) is 2.68. The van der Waals surface area contributed by atoms with Crippen LogP contribution in [0.3, 0.4) is 0 Å². The number of aromatic nitrogens is 1. The van der Waals surface area contributed by atoms with Crippen LogP contribution >= 0.6 is 0 Å². The van der Waals surface area contributed by atoms with Gasteiger partial charge in [-0.05, 0) is 19.1 Å². The van der Waals surface area contributed by atoms with Gasteiger partial charge in [0.05, 0.1) is 11.9 Å². The number of carbonyl (C=O) groups is 1. The van der Waals surface area contributed by atoms with Crippen LogP contribution in [-0.4, -0.2) is 32.3 Å². The number of hydrogen-bond acceptors (Lipinski definition) is 5. The van der Waals surface area contributed by atoms with E-state index in [1.54, 1.807) is 6.92 Å². The van der Waals surface area contributed by atoms with E-state index in [1.165, 1.54) is 6.07 Å². The number of sulfonamides is 1. The molecule has 2 rings (SSSR count). The van der Waals surface area contributed by atoms with Crippen LogP contribution in [0, 0.1) is 24.4 Å². The third-order valence-electron chi connectivity index (χ3n) is 2.87. The Kier molecular flexibility index (Phi) is 4.83. The first-order chi connectivity index (χ1) is 11.1. The molecule has 0 spiro atoms. The molecule has 0 aliphatic heterocycles. The van der Waals surface area contributed by atoms with Gasteiger partial charge in [-0.3, -0.25) is 9.10 Å². The molecule has 1 N–H and O–H groups in total. The number of aryl methyl sites for hydroxylation is 1. The number of rotatable bonds is 5. The van der Waals surface area contributed by atoms with Gasteiger partial charge in [-0.2, -0.15) is 0 Å². The molecule has 0 saturated heterocycles. The quantitative estimate of drug-likeness (QED) is 0.818. The zero-order valence-electron chi connectivity index (χ0n) is 12.5. The summed E-state index contributed by atoms with van der Waals surface area (Å²) in [5.41, 5.74) is -0.789. The van der Waals surface area contributed by atoms with Crippen molar-refractivity contribution in [1.29, 1.82) is 0 Å². The Balaban J connectivity index is 2.30. The van der Waals surface area contributed by atoms with Crippen LogP contribution in [0.5, 0.6) is 0 Å². The van der Waals surface area contributed by atoms with Gasteiger partial charge in [0.15, 0.2) is 23.3 Å². The largest absolute Gasteiger partial charge is 0.360 e. The molecular formula is C13H12F3N3O4S. The SMILES string of the molecule is Cc1cc(NC(=O)CN(c2ccc(F)c(F)c2F)S(C)(=O)=O)no1. The average molecular weight is 363 g/mol. The van der Waals surface area contributed by atoms with Crippen molar-refractivity contribution in [2.75, 3.05) is 22.4 Å². The number of benzene rings is 1. The van der Waals surface area contributed by atoms with E-state index in [4.69, 9.17) is 4.52 Å². The Morgan fingerprint density at radius 2 is 1.96 bits per heavy atom. The van der Waals surface area contributed by atoms with Gasteiger partial charge in [0.1, 0.15) is 12.3 Å². The number of halogens is 3. The van der Waals surface area contributed by atoms with E-state index in [2.05, 4.69) is 10.5 Å². The van der Waals surface area contributed by atoms with Crippen molar-refractivity contribution in [1.82, 2.24) is 5.16 Å². The Hall–Kier alpha value is -2.56. The number of anilines is 2. The van der Waals surface area contributed by atoms with Gasteiger partial charge in [0.2, 0.25) is 15.9 Å². The van der Waals surface area contributed by atoms with Gasteiger partial charge < -0.3 is 9.84 Å². The van der Waals surface area contributed by atoms with Crippen molar-refractivity contribution in [2.24, 2.45) is 0 Å². The van der Waals surface area contributed by atoms with Gasteiger partial charge >= 0.3 is 0 Å². The van der Waals surface area contributed by atoms with Gasteiger partial charge in [-0.15, -0.1) is 0 Å². The van der Waals surface area contributed by atoms with Gasteiger partial charge in [0, 0.05) is 6.07 Å². The summed E-state index contributed by atoms with van der Waals surface area (Å²) >= 11 is 0. The second kappa shape index (κ2) is 6.51. The van der Waals surface area contributed by atoms with E-state index in [0.717, 1.165) is 6.07 Å². The fraction of sp³-hybridized carbons (Fsp3) is 0.231. The number of hydrogen-bond donors (Lipinski definition) is 1. The molecule has 0 fully saturated rings. The van der Waals surface area contributed by atoms with Gasteiger partial charge in [-0.1, -0.05) is 5.16 Å². The van der Waals surface area contributed by atoms with E-state index < -0.39 is 45.6 Å². The first-order valence-electron chi connectivity index (χ1n) is 6.44. The molecule has 1 aromatic heterocycles. The molecule has 0 bridgehead atoms. The van der Waals surface area contributed by atoms with Crippen molar-refractivity contribution in [3.05, 3.63) is 41.4 Å². The number of amides is 1. The molecule has 0 unspecified atom stereocenters. The maximum atomic E-state index is 13.8. The number of nitrogens with one attached hydrogen (secondary N) is 1. The molecule has 0 aliphatic carbocycles. The molecule has 1 amide bonds. The Bertz CT molecular complexity index is 883. The molecule has 1 aromatic carbocycles. The smallest absolute Gasteiger partial charge is 0.246 e. The lowest BCUT2D eigenvalue weighted by Crippen LogP contribution is -2.38. The van der Waals surface area contributed by atoms with Crippen LogP contribution in [0.2, 0.25) is 0 Å². The third kappa shape index (κ3) is 3.85. The predicted molar refractivity (Wildman–Crippen MR) is 78.4 cm³/mol. The van der Waals surface area contributed by atoms with E-state index in [0.29, 0.717) is 22.4 Å². The molecule has 24 heavy (non-hydrogen) atoms. The molecule has 1 heterocycles. The van der Waals surface area contributed by atoms with E-state index in [1.807, 2.05) is 0 Å². The monoisotopic (exact) mass is 363 g/mol. The highest BCUT2D eigenvalue weighted by molar-refractivity contribution is 7.92. The summed E-state index contributed by atoms with van der Waals surface area (Å²) in [7, 11) is -4.15. The lowest BCUT2D eigenvalue weighted by molar-refractivity contribution is -0.114. The Morgan fingerprint density at radius 3 is 2.50 bits per heavy atom. The van der Waals surface area contributed by atoms with Gasteiger partial charge in [-0.25, -0.2) is 21.6 Å². The fourth-order valence-electron chi connectivity index (χ4n) is 1.83. The molecule has 7 nitrogen and oxygen atoms in total. The molecule has 0 saturated carbocycles. The Morgan fingerprint density at radius 1 is 1.29 bits per heavy atom. The highest BCUT2D eigenvalue weighted by Gasteiger charge is 2.26. The highest BCUT2D eigenvalue weighted by atomic mass is 32.2. The normalized spacial score (nSPS) is 11.4. The molecule has 0 aliphatic rings. The third-order valence-corrected chi connectivity index (χ3v) is 3.99. The van der Waals surface area contributed by atoms with Crippen molar-refractivity contribution >= 4 is 27.4 Å². The number of carbonyl (C=O) groups excluding carboxylic acids is 1. The van der Waals surface area contributed by atoms with E-state index in [9.17, 15) is 26.4 Å². The maximum absolute atomic E-state index is 13.8. The van der Waals surface area contributed by atoms with Crippen molar-refractivity contribution in [3.8, 4) is 0 Å². The molecule has 0 radical (unpaired) electrons. The van der Waals surface area contributed by atoms with Crippen LogP contribution < -0.4 is 9.62 Å². The standard InChI is InChI=1S/C13H12F3N3O4S/c1-7-5-10(18-23-7)17-11(20)6-19(24(2,21)22)9-4-3-8(14)12(15)13(9)16/h3-5H,6H2,1-2H3,(H,17,18,20). The second-order valence-corrected chi connectivity index (χ2v) is 6.74. The first kappa shape index (κ1) is 17.8. The molecule has 11 heteroatoms. The molecule has 0 atom stereocenters. The van der Waals surface area contributed by atoms with Gasteiger partial charge in [0.25, 0.3) is 0 Å². The summed E-state index contributed by atoms with van der Waals surface area (Å²) in [6.45, 7) is 0.703. The summed E-state index contributed by atoms with van der Waals surface area (Å²) in [6.07, 6.45) is 0.696. The van der Waals surface area contributed by atoms with Crippen LogP contribution in [0.4, 0.5) is 24.7 Å². The van der Waals surface area contributed by atoms with Crippen LogP contribution in [0.25, 0.3) is 0 Å². The van der Waals surface area contributed by atoms with Crippen LogP contribution in [-0.2, 0) is 14.8 Å². The molecule has 130 valence electrons. The average Bonchev–Trinajstić information content (AvgIpc) is 2.87. The van der Waals surface area contributed by atoms with E-state index in [-0.39, 0.29) is 5.82 Å². The summed E-state index contributed by atoms with van der Waals surface area (Å²) in [4.78, 5) is 11.9. The van der Waals surface area contributed by atoms with Crippen molar-refractivity contribution in [2.45, 2.75) is 6.92 Å². The lowest BCUT2D eigenvalue weighted by Gasteiger charge is -2.22. The Labute approximate surface area is 135 Å². The lowest BCUT2D eigenvalue weighted by atomic mass is 10.2. The summed E-state index contributed by atoms with van der Waals surface area (Å²) in [5.74, 6) is -5.49. The topological polar surface area (TPSA) is 92.5 Å². The summed E-state index contributed by atoms with van der Waals surface area (Å²) in [6, 6.07) is 2.66. The zero-order valence-corrected chi connectivity index (χ0v) is 13.3. The second-order valence-electron chi connectivity index (χ2n) is 4.84. The zero-order chi connectivity index (χ0) is 18.1. The highest BCUT2D eigenvalue weighted by Crippen LogP contribution is 2.25. The predicted octanol–water partition coefficient (Wildman–Crippen LogP) is 1.81. The summed E-state index contributed by atoms with van der Waals surface area (Å²) in [5, 5.41) is 5.72. The van der Waals surface area contributed by atoms with Crippen LogP contribution in [0.1, 0.15) is 5.76 Å². The van der Waals surface area contributed by atoms with Crippen LogP contribution in [0.15, 0.2) is 22.7 Å². The minimum Gasteiger partial charge on any atom is -0.360 e. The maximum Gasteiger partial charge on any atom is 0.246 e. The van der Waals surface area contributed by atoms with E-state index >= 15 is 0 Å².